The Kier molecular flexibility index (Phi) is 5.46. The van der Waals surface area contributed by atoms with Crippen LogP contribution in [0.3, 0.4) is 0 Å². The van der Waals surface area contributed by atoms with Crippen LogP contribution in [0.1, 0.15) is 36.0 Å². The highest BCUT2D eigenvalue weighted by atomic mass is 16.2. The summed E-state index contributed by atoms with van der Waals surface area (Å²) in [6.45, 7) is 2.37. The third-order valence-corrected chi connectivity index (χ3v) is 5.17. The molecule has 25 heavy (non-hydrogen) atoms. The van der Waals surface area contributed by atoms with Gasteiger partial charge in [-0.1, -0.05) is 12.8 Å². The zero-order valence-electron chi connectivity index (χ0n) is 15.2. The van der Waals surface area contributed by atoms with Crippen LogP contribution in [-0.4, -0.2) is 68.1 Å². The van der Waals surface area contributed by atoms with E-state index in [0.29, 0.717) is 37.8 Å². The lowest BCUT2D eigenvalue weighted by atomic mass is 10.1. The Bertz CT molecular complexity index is 600. The Morgan fingerprint density at radius 1 is 0.960 bits per heavy atom. The Balaban J connectivity index is 1.51. The van der Waals surface area contributed by atoms with Gasteiger partial charge in [0.2, 0.25) is 0 Å². The van der Waals surface area contributed by atoms with Gasteiger partial charge < -0.3 is 20.0 Å². The highest BCUT2D eigenvalue weighted by molar-refractivity contribution is 5.94. The van der Waals surface area contributed by atoms with Gasteiger partial charge in [0.25, 0.3) is 5.91 Å². The largest absolute Gasteiger partial charge is 0.378 e. The van der Waals surface area contributed by atoms with E-state index in [2.05, 4.69) is 5.32 Å². The molecule has 3 rings (SSSR count). The molecule has 1 N–H and O–H groups in total. The molecular formula is C19H28N4O2. The molecule has 1 saturated carbocycles. The van der Waals surface area contributed by atoms with Crippen LogP contribution in [0.4, 0.5) is 10.5 Å². The van der Waals surface area contributed by atoms with E-state index in [1.807, 2.05) is 53.1 Å². The molecule has 6 nitrogen and oxygen atoms in total. The van der Waals surface area contributed by atoms with Crippen molar-refractivity contribution in [2.24, 2.45) is 0 Å². The number of hydrogen-bond donors (Lipinski definition) is 1. The summed E-state index contributed by atoms with van der Waals surface area (Å²) >= 11 is 0. The number of nitrogens with one attached hydrogen (secondary N) is 1. The third kappa shape index (κ3) is 4.24. The van der Waals surface area contributed by atoms with Gasteiger partial charge in [-0.05, 0) is 37.1 Å². The quantitative estimate of drug-likeness (QED) is 0.914. The summed E-state index contributed by atoms with van der Waals surface area (Å²) in [5, 5.41) is 3.12. The molecule has 1 aromatic rings. The molecule has 1 aliphatic carbocycles. The molecule has 3 amide bonds. The molecule has 1 aromatic carbocycles. The van der Waals surface area contributed by atoms with Gasteiger partial charge in [0.1, 0.15) is 0 Å². The third-order valence-electron chi connectivity index (χ3n) is 5.17. The molecule has 0 bridgehead atoms. The summed E-state index contributed by atoms with van der Waals surface area (Å²) in [5.41, 5.74) is 1.78. The van der Waals surface area contributed by atoms with Gasteiger partial charge in [-0.3, -0.25) is 4.79 Å². The monoisotopic (exact) mass is 344 g/mol. The minimum atomic E-state index is 0.0225. The molecule has 0 atom stereocenters. The number of benzene rings is 1. The zero-order valence-corrected chi connectivity index (χ0v) is 15.2. The van der Waals surface area contributed by atoms with E-state index < -0.39 is 0 Å². The number of hydrogen-bond acceptors (Lipinski definition) is 3. The lowest BCUT2D eigenvalue weighted by Crippen LogP contribution is -2.54. The molecule has 0 spiro atoms. The molecule has 6 heteroatoms. The average Bonchev–Trinajstić information content (AvgIpc) is 3.14. The highest BCUT2D eigenvalue weighted by Crippen LogP contribution is 2.18. The van der Waals surface area contributed by atoms with Crippen LogP contribution in [0.15, 0.2) is 24.3 Å². The lowest BCUT2D eigenvalue weighted by Gasteiger charge is -2.35. The zero-order chi connectivity index (χ0) is 17.8. The van der Waals surface area contributed by atoms with Crippen molar-refractivity contribution in [2.75, 3.05) is 45.2 Å². The normalized spacial score (nSPS) is 18.3. The number of piperazine rings is 1. The van der Waals surface area contributed by atoms with Gasteiger partial charge in [0.05, 0.1) is 0 Å². The van der Waals surface area contributed by atoms with Gasteiger partial charge in [0, 0.05) is 57.6 Å². The van der Waals surface area contributed by atoms with Crippen molar-refractivity contribution in [3.63, 3.8) is 0 Å². The number of carbonyl (C=O) groups is 2. The Hall–Kier alpha value is -2.24. The molecule has 0 aromatic heterocycles. The number of nitrogens with zero attached hydrogens (tertiary/aromatic N) is 3. The first kappa shape index (κ1) is 17.6. The maximum Gasteiger partial charge on any atom is 0.317 e. The van der Waals surface area contributed by atoms with E-state index in [0.717, 1.165) is 18.5 Å². The number of urea groups is 1. The fourth-order valence-electron chi connectivity index (χ4n) is 3.53. The number of carbonyl (C=O) groups excluding carboxylic acids is 2. The van der Waals surface area contributed by atoms with Gasteiger partial charge in [-0.2, -0.15) is 0 Å². The summed E-state index contributed by atoms with van der Waals surface area (Å²) < 4.78 is 0. The second-order valence-corrected chi connectivity index (χ2v) is 7.15. The van der Waals surface area contributed by atoms with Crippen LogP contribution in [-0.2, 0) is 0 Å². The molecule has 2 fully saturated rings. The lowest BCUT2D eigenvalue weighted by molar-refractivity contribution is 0.0663. The van der Waals surface area contributed by atoms with Gasteiger partial charge in [-0.15, -0.1) is 0 Å². The van der Waals surface area contributed by atoms with E-state index in [1.165, 1.54) is 12.8 Å². The van der Waals surface area contributed by atoms with Crippen LogP contribution < -0.4 is 10.2 Å². The second kappa shape index (κ2) is 7.76. The average molecular weight is 344 g/mol. The van der Waals surface area contributed by atoms with Crippen molar-refractivity contribution >= 4 is 17.6 Å². The van der Waals surface area contributed by atoms with Crippen molar-refractivity contribution in [1.29, 1.82) is 0 Å². The first-order chi connectivity index (χ1) is 12.0. The molecule has 0 unspecified atom stereocenters. The fourth-order valence-corrected chi connectivity index (χ4v) is 3.53. The van der Waals surface area contributed by atoms with Gasteiger partial charge >= 0.3 is 6.03 Å². The molecule has 2 aliphatic rings. The molecule has 1 saturated heterocycles. The summed E-state index contributed by atoms with van der Waals surface area (Å²) in [4.78, 5) is 30.6. The highest BCUT2D eigenvalue weighted by Gasteiger charge is 2.26. The fraction of sp³-hybridized carbons (Fsp3) is 0.579. The summed E-state index contributed by atoms with van der Waals surface area (Å²) in [6.07, 6.45) is 4.60. The van der Waals surface area contributed by atoms with E-state index in [-0.39, 0.29) is 11.9 Å². The van der Waals surface area contributed by atoms with Crippen LogP contribution in [0, 0.1) is 0 Å². The number of anilines is 1. The SMILES string of the molecule is CN(C)c1ccc(C(=O)N2CCN(C(=O)NC3CCCC3)CC2)cc1. The molecule has 0 radical (unpaired) electrons. The second-order valence-electron chi connectivity index (χ2n) is 7.15. The minimum Gasteiger partial charge on any atom is -0.378 e. The van der Waals surface area contributed by atoms with Crippen LogP contribution in [0.25, 0.3) is 0 Å². The predicted molar refractivity (Wildman–Crippen MR) is 99.0 cm³/mol. The summed E-state index contributed by atoms with van der Waals surface area (Å²) in [5.74, 6) is 0.0427. The smallest absolute Gasteiger partial charge is 0.317 e. The predicted octanol–water partition coefficient (Wildman–Crippen LogP) is 2.16. The van der Waals surface area contributed by atoms with E-state index in [1.54, 1.807) is 0 Å². The van der Waals surface area contributed by atoms with Crippen molar-refractivity contribution in [3.8, 4) is 0 Å². The number of rotatable bonds is 3. The standard InChI is InChI=1S/C19H28N4O2/c1-21(2)17-9-7-15(8-10-17)18(24)22-11-13-23(14-12-22)19(25)20-16-5-3-4-6-16/h7-10,16H,3-6,11-14H2,1-2H3,(H,20,25). The number of amides is 3. The first-order valence-corrected chi connectivity index (χ1v) is 9.16. The molecule has 136 valence electrons. The van der Waals surface area contributed by atoms with Crippen molar-refractivity contribution in [3.05, 3.63) is 29.8 Å². The van der Waals surface area contributed by atoms with E-state index >= 15 is 0 Å². The Labute approximate surface area is 149 Å². The summed E-state index contributed by atoms with van der Waals surface area (Å²) in [6, 6.07) is 8.02. The Morgan fingerprint density at radius 2 is 1.52 bits per heavy atom. The maximum atomic E-state index is 12.6. The van der Waals surface area contributed by atoms with Crippen LogP contribution in [0.5, 0.6) is 0 Å². The Morgan fingerprint density at radius 3 is 2.08 bits per heavy atom. The minimum absolute atomic E-state index is 0.0225. The maximum absolute atomic E-state index is 12.6. The molecular weight excluding hydrogens is 316 g/mol. The molecule has 1 heterocycles. The van der Waals surface area contributed by atoms with E-state index in [9.17, 15) is 9.59 Å². The van der Waals surface area contributed by atoms with Gasteiger partial charge in [-0.25, -0.2) is 4.79 Å². The van der Waals surface area contributed by atoms with Crippen molar-refractivity contribution in [2.45, 2.75) is 31.7 Å². The van der Waals surface area contributed by atoms with E-state index in [4.69, 9.17) is 0 Å². The van der Waals surface area contributed by atoms with Crippen LogP contribution >= 0.6 is 0 Å². The van der Waals surface area contributed by atoms with Crippen molar-refractivity contribution < 1.29 is 9.59 Å². The van der Waals surface area contributed by atoms with Gasteiger partial charge in [0.15, 0.2) is 0 Å². The van der Waals surface area contributed by atoms with Crippen molar-refractivity contribution in [1.82, 2.24) is 15.1 Å². The first-order valence-electron chi connectivity index (χ1n) is 9.16. The summed E-state index contributed by atoms with van der Waals surface area (Å²) in [7, 11) is 3.96. The molecule has 1 aliphatic heterocycles. The van der Waals surface area contributed by atoms with Crippen LogP contribution in [0.2, 0.25) is 0 Å². The topological polar surface area (TPSA) is 55.9 Å².